The summed E-state index contributed by atoms with van der Waals surface area (Å²) in [5.74, 6) is -1.55. The molecule has 0 saturated carbocycles. The maximum absolute atomic E-state index is 12.4. The Balaban J connectivity index is 0.000000288. The molecule has 0 spiro atoms. The van der Waals surface area contributed by atoms with Crippen LogP contribution in [0, 0.1) is 20.2 Å². The topological polar surface area (TPSA) is 269 Å². The van der Waals surface area contributed by atoms with Gasteiger partial charge in [0.15, 0.2) is 10.3 Å². The summed E-state index contributed by atoms with van der Waals surface area (Å²) in [5, 5.41) is 34.2. The number of carboxylic acids is 1. The van der Waals surface area contributed by atoms with Crippen molar-refractivity contribution in [1.82, 2.24) is 9.97 Å². The normalized spacial score (nSPS) is 10.2. The third-order valence-corrected chi connectivity index (χ3v) is 6.23. The number of nitrogens with two attached hydrogens (primary N) is 2. The van der Waals surface area contributed by atoms with E-state index in [2.05, 4.69) is 20.6 Å². The zero-order chi connectivity index (χ0) is 33.0. The molecule has 0 aliphatic carbocycles. The summed E-state index contributed by atoms with van der Waals surface area (Å²) in [4.78, 5) is 61.4. The molecule has 19 heteroatoms. The van der Waals surface area contributed by atoms with E-state index >= 15 is 0 Å². The average molecular weight is 647 g/mol. The van der Waals surface area contributed by atoms with E-state index in [1.807, 2.05) is 0 Å². The van der Waals surface area contributed by atoms with E-state index in [1.165, 1.54) is 12.1 Å². The quantitative estimate of drug-likeness (QED) is 0.102. The minimum absolute atomic E-state index is 0.0208. The Morgan fingerprint density at radius 2 is 1.41 bits per heavy atom. The predicted octanol–water partition coefficient (Wildman–Crippen LogP) is 5.25. The molecule has 4 rings (SSSR count). The van der Waals surface area contributed by atoms with Crippen molar-refractivity contribution in [2.24, 2.45) is 0 Å². The number of carbonyl (C=O) groups is 3. The van der Waals surface area contributed by atoms with Crippen molar-refractivity contribution in [2.75, 3.05) is 22.1 Å². The van der Waals surface area contributed by atoms with Crippen LogP contribution in [0.15, 0.2) is 60.9 Å². The second-order valence-electron chi connectivity index (χ2n) is 9.07. The number of nitrogens with one attached hydrogen (secondary N) is 2. The Hall–Kier alpha value is -5.69. The molecule has 0 fully saturated rings. The van der Waals surface area contributed by atoms with Crippen LogP contribution in [0.25, 0.3) is 0 Å². The van der Waals surface area contributed by atoms with Crippen LogP contribution in [0.5, 0.6) is 0 Å². The fourth-order valence-corrected chi connectivity index (χ4v) is 3.96. The Bertz CT molecular complexity index is 1650. The Morgan fingerprint density at radius 3 is 1.86 bits per heavy atom. The lowest BCUT2D eigenvalue weighted by atomic mass is 10.1. The van der Waals surface area contributed by atoms with E-state index in [4.69, 9.17) is 21.3 Å². The average Bonchev–Trinajstić information content (AvgIpc) is 3.58. The smallest absolute Gasteiger partial charge is 0.412 e. The van der Waals surface area contributed by atoms with E-state index < -0.39 is 33.4 Å². The highest BCUT2D eigenvalue weighted by atomic mass is 32.1. The highest BCUT2D eigenvalue weighted by Gasteiger charge is 2.20. The summed E-state index contributed by atoms with van der Waals surface area (Å²) in [6, 6.07) is 12.7. The highest BCUT2D eigenvalue weighted by Crippen LogP contribution is 2.26. The maximum atomic E-state index is 12.4. The first kappa shape index (κ1) is 34.5. The number of anilines is 4. The molecule has 0 bridgehead atoms. The Morgan fingerprint density at radius 1 is 0.864 bits per heavy atom. The monoisotopic (exact) mass is 646 g/mol. The molecule has 2 aromatic heterocycles. The lowest BCUT2D eigenvalue weighted by molar-refractivity contribution is -0.380. The van der Waals surface area contributed by atoms with Crippen molar-refractivity contribution in [3.63, 3.8) is 0 Å². The van der Waals surface area contributed by atoms with Gasteiger partial charge in [-0.05, 0) is 67.7 Å². The van der Waals surface area contributed by atoms with Gasteiger partial charge in [-0.2, -0.15) is 0 Å². The number of hydrogen-bond acceptors (Lipinski definition) is 14. The van der Waals surface area contributed by atoms with Crippen LogP contribution in [-0.4, -0.2) is 48.5 Å². The number of nitrogen functional groups attached to an aromatic ring is 2. The molecule has 4 aromatic rings. The van der Waals surface area contributed by atoms with Crippen LogP contribution in [0.2, 0.25) is 0 Å². The molecule has 2 amide bonds. The standard InChI is InChI=1S/C15H16N4O5S.C7H7NO2.C3H3N3O2S/c1-15(2,3)24-14(21)17-10-7-5-4-6-9(10)12(20)18-13-16-8-11(25-13)19(22)23;8-6-4-2-1-3-5(6)7(9)10;4-3-5-1-2(9-3)6(7)8/h4-8H,1-3H3,(H,17,21)(H,16,18,20);1-4H,8H2,(H,9,10);1H,(H2,4,5). The third-order valence-electron chi connectivity index (χ3n) is 4.58. The molecule has 0 aliphatic heterocycles. The van der Waals surface area contributed by atoms with Crippen LogP contribution in [0.4, 0.5) is 36.4 Å². The maximum Gasteiger partial charge on any atom is 0.412 e. The first-order chi connectivity index (χ1) is 20.6. The summed E-state index contributed by atoms with van der Waals surface area (Å²) in [7, 11) is 0. The SMILES string of the molecule is CC(C)(C)OC(=O)Nc1ccccc1C(=O)Nc1ncc([N+](=O)[O-])s1.Nc1ccccc1C(=O)O.Nc1ncc([N+](=O)[O-])s1. The zero-order valence-corrected chi connectivity index (χ0v) is 24.9. The molecular weight excluding hydrogens is 620 g/mol. The number of rotatable bonds is 6. The summed E-state index contributed by atoms with van der Waals surface area (Å²) in [5.41, 5.74) is 10.7. The first-order valence-corrected chi connectivity index (χ1v) is 13.6. The van der Waals surface area contributed by atoms with Crippen LogP contribution < -0.4 is 22.1 Å². The zero-order valence-electron chi connectivity index (χ0n) is 23.2. The van der Waals surface area contributed by atoms with Crippen molar-refractivity contribution in [3.05, 3.63) is 92.3 Å². The van der Waals surface area contributed by atoms with E-state index in [-0.39, 0.29) is 37.1 Å². The van der Waals surface area contributed by atoms with Gasteiger partial charge in [-0.1, -0.05) is 24.3 Å². The molecule has 17 nitrogen and oxygen atoms in total. The fraction of sp³-hybridized carbons (Fsp3) is 0.160. The van der Waals surface area contributed by atoms with Crippen molar-refractivity contribution in [1.29, 1.82) is 0 Å². The number of para-hydroxylation sites is 2. The number of hydrogen-bond donors (Lipinski definition) is 5. The van der Waals surface area contributed by atoms with E-state index in [1.54, 1.807) is 57.2 Å². The van der Waals surface area contributed by atoms with Gasteiger partial charge in [0.2, 0.25) is 0 Å². The van der Waals surface area contributed by atoms with E-state index in [0.717, 1.165) is 35.1 Å². The van der Waals surface area contributed by atoms with Crippen LogP contribution in [-0.2, 0) is 4.74 Å². The Labute approximate surface area is 256 Å². The number of carbonyl (C=O) groups excluding carboxylic acids is 2. The van der Waals surface area contributed by atoms with E-state index in [0.29, 0.717) is 5.69 Å². The number of nitrogens with zero attached hydrogens (tertiary/aromatic N) is 4. The first-order valence-electron chi connectivity index (χ1n) is 12.0. The summed E-state index contributed by atoms with van der Waals surface area (Å²) < 4.78 is 5.16. The molecule has 0 radical (unpaired) electrons. The van der Waals surface area contributed by atoms with Gasteiger partial charge in [0.1, 0.15) is 18.0 Å². The van der Waals surface area contributed by atoms with Crippen LogP contribution >= 0.6 is 22.7 Å². The van der Waals surface area contributed by atoms with Crippen molar-refractivity contribution in [2.45, 2.75) is 26.4 Å². The fourth-order valence-electron chi connectivity index (χ4n) is 2.83. The van der Waals surface area contributed by atoms with Gasteiger partial charge in [-0.3, -0.25) is 35.7 Å². The lowest BCUT2D eigenvalue weighted by Gasteiger charge is -2.20. The van der Waals surface area contributed by atoms with E-state index in [9.17, 15) is 34.6 Å². The molecule has 44 heavy (non-hydrogen) atoms. The third kappa shape index (κ3) is 11.3. The van der Waals surface area contributed by atoms with Crippen molar-refractivity contribution in [3.8, 4) is 0 Å². The van der Waals surface area contributed by atoms with Gasteiger partial charge in [0.25, 0.3) is 5.91 Å². The summed E-state index contributed by atoms with van der Waals surface area (Å²) in [6.07, 6.45) is 1.50. The van der Waals surface area contributed by atoms with Crippen LogP contribution in [0.1, 0.15) is 41.5 Å². The number of aromatic carboxylic acids is 1. The molecule has 2 heterocycles. The number of carboxylic acid groups (broad SMARTS) is 1. The molecule has 0 unspecified atom stereocenters. The lowest BCUT2D eigenvalue weighted by Crippen LogP contribution is -2.28. The highest BCUT2D eigenvalue weighted by molar-refractivity contribution is 7.19. The number of benzene rings is 2. The minimum Gasteiger partial charge on any atom is -0.478 e. The predicted molar refractivity (Wildman–Crippen MR) is 164 cm³/mol. The van der Waals surface area contributed by atoms with Gasteiger partial charge in [-0.25, -0.2) is 19.6 Å². The molecular formula is C25H26N8O9S2. The number of ether oxygens (including phenoxy) is 1. The minimum atomic E-state index is -0.988. The number of nitro groups is 2. The number of thiazole rings is 2. The molecule has 0 saturated heterocycles. The Kier molecular flexibility index (Phi) is 12.2. The second kappa shape index (κ2) is 15.5. The van der Waals surface area contributed by atoms with Crippen molar-refractivity contribution >= 4 is 72.3 Å². The molecule has 0 aliphatic rings. The molecule has 7 N–H and O–H groups in total. The van der Waals surface area contributed by atoms with Gasteiger partial charge in [-0.15, -0.1) is 0 Å². The second-order valence-corrected chi connectivity index (χ2v) is 11.1. The molecule has 2 aromatic carbocycles. The van der Waals surface area contributed by atoms with Crippen molar-refractivity contribution < 1.29 is 34.1 Å². The summed E-state index contributed by atoms with van der Waals surface area (Å²) >= 11 is 1.60. The number of amides is 2. The van der Waals surface area contributed by atoms with Gasteiger partial charge >= 0.3 is 22.1 Å². The molecule has 232 valence electrons. The summed E-state index contributed by atoms with van der Waals surface area (Å²) in [6.45, 7) is 5.17. The van der Waals surface area contributed by atoms with Crippen LogP contribution in [0.3, 0.4) is 0 Å². The van der Waals surface area contributed by atoms with Gasteiger partial charge < -0.3 is 21.3 Å². The van der Waals surface area contributed by atoms with Gasteiger partial charge in [0.05, 0.1) is 26.7 Å². The van der Waals surface area contributed by atoms with Gasteiger partial charge in [0, 0.05) is 5.69 Å². The molecule has 0 atom stereocenters. The largest absolute Gasteiger partial charge is 0.478 e. The number of aromatic nitrogens is 2.